The fourth-order valence-corrected chi connectivity index (χ4v) is 2.86. The molecule has 0 radical (unpaired) electrons. The summed E-state index contributed by atoms with van der Waals surface area (Å²) in [5, 5.41) is 0.653. The van der Waals surface area contributed by atoms with Gasteiger partial charge in [0, 0.05) is 12.5 Å². The van der Waals surface area contributed by atoms with Crippen molar-refractivity contribution in [2.45, 2.75) is 31.1 Å². The first-order valence-corrected chi connectivity index (χ1v) is 5.45. The quantitative estimate of drug-likeness (QED) is 0.833. The molecule has 2 rings (SSSR count). The molecule has 1 aromatic heterocycles. The first-order chi connectivity index (χ1) is 6.69. The van der Waals surface area contributed by atoms with E-state index in [2.05, 4.69) is 4.98 Å². The van der Waals surface area contributed by atoms with Gasteiger partial charge in [-0.15, -0.1) is 0 Å². The van der Waals surface area contributed by atoms with Crippen molar-refractivity contribution in [3.63, 3.8) is 0 Å². The standard InChI is InChI=1S/C10H16ClN3/c1-14-7-13-9(11)8(14)10(5-6-12)3-2-4-10/h7H,2-6,12H2,1H3. The third-order valence-corrected chi connectivity index (χ3v) is 3.60. The molecule has 0 unspecified atom stereocenters. The molecule has 0 spiro atoms. The van der Waals surface area contributed by atoms with Crippen LogP contribution >= 0.6 is 11.6 Å². The van der Waals surface area contributed by atoms with Crippen LogP contribution in [0.2, 0.25) is 5.15 Å². The molecule has 1 saturated carbocycles. The number of hydrogen-bond acceptors (Lipinski definition) is 2. The minimum Gasteiger partial charge on any atom is -0.336 e. The fraction of sp³-hybridized carbons (Fsp3) is 0.700. The number of imidazole rings is 1. The zero-order chi connectivity index (χ0) is 10.2. The van der Waals surface area contributed by atoms with E-state index in [1.54, 1.807) is 6.33 Å². The summed E-state index contributed by atoms with van der Waals surface area (Å²) in [6.45, 7) is 0.724. The minimum absolute atomic E-state index is 0.219. The van der Waals surface area contributed by atoms with Crippen LogP contribution in [0, 0.1) is 0 Å². The van der Waals surface area contributed by atoms with Gasteiger partial charge in [-0.2, -0.15) is 0 Å². The maximum atomic E-state index is 6.11. The summed E-state index contributed by atoms with van der Waals surface area (Å²) in [6, 6.07) is 0. The fourth-order valence-electron chi connectivity index (χ4n) is 2.48. The Labute approximate surface area is 89.3 Å². The molecule has 0 aromatic carbocycles. The molecule has 0 saturated heterocycles. The summed E-state index contributed by atoms with van der Waals surface area (Å²) in [5.41, 5.74) is 7.05. The van der Waals surface area contributed by atoms with Crippen LogP contribution in [0.4, 0.5) is 0 Å². The van der Waals surface area contributed by atoms with Gasteiger partial charge in [-0.25, -0.2) is 4.98 Å². The number of halogens is 1. The van der Waals surface area contributed by atoms with Crippen LogP contribution in [0.15, 0.2) is 6.33 Å². The number of rotatable bonds is 3. The first-order valence-electron chi connectivity index (χ1n) is 5.07. The van der Waals surface area contributed by atoms with Crippen molar-refractivity contribution in [2.24, 2.45) is 12.8 Å². The van der Waals surface area contributed by atoms with Crippen molar-refractivity contribution in [3.05, 3.63) is 17.2 Å². The van der Waals surface area contributed by atoms with E-state index in [4.69, 9.17) is 17.3 Å². The second kappa shape index (κ2) is 3.55. The zero-order valence-electron chi connectivity index (χ0n) is 8.46. The summed E-state index contributed by atoms with van der Waals surface area (Å²) >= 11 is 6.11. The molecule has 78 valence electrons. The second-order valence-corrected chi connectivity index (χ2v) is 4.53. The normalized spacial score (nSPS) is 19.4. The van der Waals surface area contributed by atoms with E-state index in [0.717, 1.165) is 13.0 Å². The molecule has 1 aliphatic carbocycles. The first kappa shape index (κ1) is 9.99. The Hall–Kier alpha value is -0.540. The second-order valence-electron chi connectivity index (χ2n) is 4.17. The SMILES string of the molecule is Cn1cnc(Cl)c1C1(CCN)CCC1. The highest BCUT2D eigenvalue weighted by Crippen LogP contribution is 2.47. The van der Waals surface area contributed by atoms with Gasteiger partial charge in [0.15, 0.2) is 5.15 Å². The molecule has 2 N–H and O–H groups in total. The van der Waals surface area contributed by atoms with Gasteiger partial charge >= 0.3 is 0 Å². The van der Waals surface area contributed by atoms with E-state index in [1.165, 1.54) is 25.0 Å². The van der Waals surface area contributed by atoms with Crippen molar-refractivity contribution >= 4 is 11.6 Å². The van der Waals surface area contributed by atoms with Crippen LogP contribution in [0.25, 0.3) is 0 Å². The molecule has 0 bridgehead atoms. The smallest absolute Gasteiger partial charge is 0.150 e. The van der Waals surface area contributed by atoms with Crippen LogP contribution in [-0.4, -0.2) is 16.1 Å². The van der Waals surface area contributed by atoms with E-state index >= 15 is 0 Å². The summed E-state index contributed by atoms with van der Waals surface area (Å²) in [5.74, 6) is 0. The predicted octanol–water partition coefficient (Wildman–Crippen LogP) is 1.84. The van der Waals surface area contributed by atoms with Crippen LogP contribution in [0.3, 0.4) is 0 Å². The lowest BCUT2D eigenvalue weighted by atomic mass is 9.64. The summed E-state index contributed by atoms with van der Waals surface area (Å²) in [6.07, 6.45) is 6.48. The van der Waals surface area contributed by atoms with Crippen molar-refractivity contribution in [1.82, 2.24) is 9.55 Å². The number of nitrogens with zero attached hydrogens (tertiary/aromatic N) is 2. The third kappa shape index (κ3) is 1.35. The molecular formula is C10H16ClN3. The molecule has 0 amide bonds. The zero-order valence-corrected chi connectivity index (χ0v) is 9.22. The highest BCUT2D eigenvalue weighted by molar-refractivity contribution is 6.30. The maximum Gasteiger partial charge on any atom is 0.150 e. The number of aryl methyl sites for hydroxylation is 1. The lowest BCUT2D eigenvalue weighted by Gasteiger charge is -2.42. The van der Waals surface area contributed by atoms with Gasteiger partial charge < -0.3 is 10.3 Å². The van der Waals surface area contributed by atoms with Crippen LogP contribution in [0.5, 0.6) is 0 Å². The molecular weight excluding hydrogens is 198 g/mol. The molecule has 1 aromatic rings. The Balaban J connectivity index is 2.35. The van der Waals surface area contributed by atoms with Crippen LogP contribution in [-0.2, 0) is 12.5 Å². The van der Waals surface area contributed by atoms with Gasteiger partial charge in [-0.1, -0.05) is 18.0 Å². The number of hydrogen-bond donors (Lipinski definition) is 1. The average Bonchev–Trinajstić information content (AvgIpc) is 2.41. The summed E-state index contributed by atoms with van der Waals surface area (Å²) in [7, 11) is 2.00. The Morgan fingerprint density at radius 1 is 1.64 bits per heavy atom. The van der Waals surface area contributed by atoms with E-state index in [-0.39, 0.29) is 5.41 Å². The molecule has 0 aliphatic heterocycles. The van der Waals surface area contributed by atoms with Gasteiger partial charge in [0.05, 0.1) is 12.0 Å². The summed E-state index contributed by atoms with van der Waals surface area (Å²) < 4.78 is 2.04. The van der Waals surface area contributed by atoms with Crippen molar-refractivity contribution in [1.29, 1.82) is 0 Å². The summed E-state index contributed by atoms with van der Waals surface area (Å²) in [4.78, 5) is 4.13. The Morgan fingerprint density at radius 3 is 2.71 bits per heavy atom. The monoisotopic (exact) mass is 213 g/mol. The Bertz CT molecular complexity index is 309. The molecule has 1 aliphatic rings. The van der Waals surface area contributed by atoms with E-state index in [0.29, 0.717) is 5.15 Å². The number of aromatic nitrogens is 2. The van der Waals surface area contributed by atoms with E-state index < -0.39 is 0 Å². The lowest BCUT2D eigenvalue weighted by Crippen LogP contribution is -2.38. The third-order valence-electron chi connectivity index (χ3n) is 3.33. The maximum absolute atomic E-state index is 6.11. The topological polar surface area (TPSA) is 43.8 Å². The average molecular weight is 214 g/mol. The lowest BCUT2D eigenvalue weighted by molar-refractivity contribution is 0.217. The Kier molecular flexibility index (Phi) is 2.54. The van der Waals surface area contributed by atoms with E-state index in [9.17, 15) is 0 Å². The van der Waals surface area contributed by atoms with Crippen molar-refractivity contribution in [2.75, 3.05) is 6.54 Å². The molecule has 4 heteroatoms. The van der Waals surface area contributed by atoms with Gasteiger partial charge in [0.25, 0.3) is 0 Å². The highest BCUT2D eigenvalue weighted by Gasteiger charge is 2.41. The molecule has 14 heavy (non-hydrogen) atoms. The molecule has 3 nitrogen and oxygen atoms in total. The molecule has 1 fully saturated rings. The van der Waals surface area contributed by atoms with Crippen molar-refractivity contribution in [3.8, 4) is 0 Å². The number of nitrogens with two attached hydrogens (primary N) is 1. The minimum atomic E-state index is 0.219. The van der Waals surface area contributed by atoms with Crippen molar-refractivity contribution < 1.29 is 0 Å². The van der Waals surface area contributed by atoms with Crippen LogP contribution in [0.1, 0.15) is 31.4 Å². The van der Waals surface area contributed by atoms with E-state index in [1.807, 2.05) is 11.6 Å². The van der Waals surface area contributed by atoms with Gasteiger partial charge in [-0.05, 0) is 25.8 Å². The van der Waals surface area contributed by atoms with Crippen LogP contribution < -0.4 is 5.73 Å². The van der Waals surface area contributed by atoms with Gasteiger partial charge in [-0.3, -0.25) is 0 Å². The largest absolute Gasteiger partial charge is 0.336 e. The van der Waals surface area contributed by atoms with Gasteiger partial charge in [0.2, 0.25) is 0 Å². The van der Waals surface area contributed by atoms with Gasteiger partial charge in [0.1, 0.15) is 0 Å². The highest BCUT2D eigenvalue weighted by atomic mass is 35.5. The molecule has 1 heterocycles. The Morgan fingerprint density at radius 2 is 2.36 bits per heavy atom. The predicted molar refractivity (Wildman–Crippen MR) is 57.4 cm³/mol. The molecule has 0 atom stereocenters.